The van der Waals surface area contributed by atoms with Gasteiger partial charge in [-0.05, 0) is 37.0 Å². The van der Waals surface area contributed by atoms with Gasteiger partial charge in [0.15, 0.2) is 0 Å². The minimum Gasteiger partial charge on any atom is -0.497 e. The fourth-order valence-electron chi connectivity index (χ4n) is 3.64. The summed E-state index contributed by atoms with van der Waals surface area (Å²) in [5.74, 6) is 0.462. The fourth-order valence-corrected chi connectivity index (χ4v) is 3.64. The number of urea groups is 1. The first-order chi connectivity index (χ1) is 12.5. The molecule has 26 heavy (non-hydrogen) atoms. The molecule has 1 aromatic rings. The van der Waals surface area contributed by atoms with Gasteiger partial charge in [0.2, 0.25) is 5.91 Å². The van der Waals surface area contributed by atoms with Gasteiger partial charge in [0, 0.05) is 19.5 Å². The number of nitrogens with zero attached hydrogens (tertiary/aromatic N) is 1. The van der Waals surface area contributed by atoms with E-state index in [1.165, 1.54) is 4.90 Å². The van der Waals surface area contributed by atoms with Gasteiger partial charge in [-0.15, -0.1) is 0 Å². The SMILES string of the molecule is COc1ccc(CCNC(=O)CCN2C(=O)NC3(CCCC3)C2=O)cc1. The minimum atomic E-state index is -0.706. The molecule has 0 unspecified atom stereocenters. The number of methoxy groups -OCH3 is 1. The van der Waals surface area contributed by atoms with E-state index < -0.39 is 5.54 Å². The molecule has 2 fully saturated rings. The summed E-state index contributed by atoms with van der Waals surface area (Å²) in [5, 5.41) is 5.66. The molecule has 1 aliphatic heterocycles. The van der Waals surface area contributed by atoms with Gasteiger partial charge in [0.05, 0.1) is 7.11 Å². The van der Waals surface area contributed by atoms with Gasteiger partial charge in [-0.25, -0.2) is 4.79 Å². The summed E-state index contributed by atoms with van der Waals surface area (Å²) in [7, 11) is 1.62. The van der Waals surface area contributed by atoms with E-state index in [2.05, 4.69) is 10.6 Å². The standard InChI is InChI=1S/C19H25N3O4/c1-26-15-6-4-14(5-7-15)8-12-20-16(23)9-13-22-17(24)19(21-18(22)25)10-2-3-11-19/h4-7H,2-3,8-13H2,1H3,(H,20,23)(H,21,25). The smallest absolute Gasteiger partial charge is 0.325 e. The van der Waals surface area contributed by atoms with Crippen molar-refractivity contribution in [2.24, 2.45) is 0 Å². The Labute approximate surface area is 153 Å². The molecule has 1 saturated heterocycles. The van der Waals surface area contributed by atoms with E-state index in [1.54, 1.807) is 7.11 Å². The molecule has 1 aliphatic carbocycles. The van der Waals surface area contributed by atoms with Gasteiger partial charge in [0.25, 0.3) is 5.91 Å². The zero-order chi connectivity index (χ0) is 18.6. The monoisotopic (exact) mass is 359 g/mol. The number of carbonyl (C=O) groups is 3. The summed E-state index contributed by atoms with van der Waals surface area (Å²) < 4.78 is 5.11. The largest absolute Gasteiger partial charge is 0.497 e. The van der Waals surface area contributed by atoms with E-state index in [-0.39, 0.29) is 30.8 Å². The van der Waals surface area contributed by atoms with Gasteiger partial charge in [-0.3, -0.25) is 14.5 Å². The highest BCUT2D eigenvalue weighted by molar-refractivity contribution is 6.07. The maximum absolute atomic E-state index is 12.5. The van der Waals surface area contributed by atoms with Crippen LogP contribution in [0, 0.1) is 0 Å². The van der Waals surface area contributed by atoms with Crippen LogP contribution in [-0.2, 0) is 16.0 Å². The predicted molar refractivity (Wildman–Crippen MR) is 95.8 cm³/mol. The van der Waals surface area contributed by atoms with Crippen molar-refractivity contribution >= 4 is 17.8 Å². The highest BCUT2D eigenvalue weighted by Gasteiger charge is 2.52. The van der Waals surface area contributed by atoms with E-state index in [4.69, 9.17) is 4.74 Å². The van der Waals surface area contributed by atoms with Crippen molar-refractivity contribution in [1.29, 1.82) is 0 Å². The van der Waals surface area contributed by atoms with Crippen LogP contribution in [0.5, 0.6) is 5.75 Å². The number of carbonyl (C=O) groups excluding carboxylic acids is 3. The lowest BCUT2D eigenvalue weighted by atomic mass is 9.98. The minimum absolute atomic E-state index is 0.123. The van der Waals surface area contributed by atoms with Crippen LogP contribution in [0.4, 0.5) is 4.79 Å². The molecule has 7 heteroatoms. The quantitative estimate of drug-likeness (QED) is 0.724. The maximum atomic E-state index is 12.5. The fraction of sp³-hybridized carbons (Fsp3) is 0.526. The Morgan fingerprint density at radius 2 is 1.92 bits per heavy atom. The molecular weight excluding hydrogens is 334 g/mol. The lowest BCUT2D eigenvalue weighted by Crippen LogP contribution is -2.44. The summed E-state index contributed by atoms with van der Waals surface area (Å²) in [6.45, 7) is 0.635. The molecule has 0 atom stereocenters. The number of benzene rings is 1. The molecule has 0 bridgehead atoms. The molecule has 0 aromatic heterocycles. The summed E-state index contributed by atoms with van der Waals surface area (Å²) in [6.07, 6.45) is 4.13. The second-order valence-electron chi connectivity index (χ2n) is 6.87. The first-order valence-corrected chi connectivity index (χ1v) is 9.08. The number of hydrogen-bond acceptors (Lipinski definition) is 4. The Morgan fingerprint density at radius 3 is 2.58 bits per heavy atom. The molecule has 140 valence electrons. The number of ether oxygens (including phenoxy) is 1. The zero-order valence-electron chi connectivity index (χ0n) is 15.0. The third-order valence-electron chi connectivity index (χ3n) is 5.16. The Balaban J connectivity index is 1.41. The van der Waals surface area contributed by atoms with Crippen LogP contribution < -0.4 is 15.4 Å². The Kier molecular flexibility index (Phi) is 5.44. The number of hydrogen-bond donors (Lipinski definition) is 2. The van der Waals surface area contributed by atoms with Crippen molar-refractivity contribution in [3.63, 3.8) is 0 Å². The van der Waals surface area contributed by atoms with Crippen LogP contribution in [-0.4, -0.2) is 48.5 Å². The number of nitrogens with one attached hydrogen (secondary N) is 2. The van der Waals surface area contributed by atoms with Crippen LogP contribution in [0.1, 0.15) is 37.7 Å². The normalized spacial score (nSPS) is 18.3. The van der Waals surface area contributed by atoms with Crippen molar-refractivity contribution in [3.8, 4) is 5.75 Å². The molecule has 1 saturated carbocycles. The second-order valence-corrected chi connectivity index (χ2v) is 6.87. The molecule has 1 heterocycles. The van der Waals surface area contributed by atoms with Crippen molar-refractivity contribution in [3.05, 3.63) is 29.8 Å². The van der Waals surface area contributed by atoms with Crippen LogP contribution in [0.15, 0.2) is 24.3 Å². The third-order valence-corrected chi connectivity index (χ3v) is 5.16. The van der Waals surface area contributed by atoms with Crippen molar-refractivity contribution < 1.29 is 19.1 Å². The lowest BCUT2D eigenvalue weighted by Gasteiger charge is -2.19. The average molecular weight is 359 g/mol. The highest BCUT2D eigenvalue weighted by Crippen LogP contribution is 2.34. The number of amides is 4. The Morgan fingerprint density at radius 1 is 1.23 bits per heavy atom. The molecule has 0 radical (unpaired) electrons. The van der Waals surface area contributed by atoms with E-state index >= 15 is 0 Å². The van der Waals surface area contributed by atoms with E-state index in [1.807, 2.05) is 24.3 Å². The van der Waals surface area contributed by atoms with Crippen LogP contribution >= 0.6 is 0 Å². The Hall–Kier alpha value is -2.57. The molecule has 1 spiro atoms. The van der Waals surface area contributed by atoms with Crippen LogP contribution in [0.3, 0.4) is 0 Å². The lowest BCUT2D eigenvalue weighted by molar-refractivity contribution is -0.131. The molecule has 1 aromatic carbocycles. The second kappa shape index (κ2) is 7.76. The topological polar surface area (TPSA) is 87.7 Å². The zero-order valence-corrected chi connectivity index (χ0v) is 15.0. The van der Waals surface area contributed by atoms with E-state index in [9.17, 15) is 14.4 Å². The summed E-state index contributed by atoms with van der Waals surface area (Å²) in [6, 6.07) is 7.31. The van der Waals surface area contributed by atoms with Gasteiger partial charge in [-0.1, -0.05) is 25.0 Å². The molecule has 3 rings (SSSR count). The van der Waals surface area contributed by atoms with Crippen LogP contribution in [0.25, 0.3) is 0 Å². The number of imide groups is 1. The van der Waals surface area contributed by atoms with Crippen LogP contribution in [0.2, 0.25) is 0 Å². The molecule has 2 N–H and O–H groups in total. The molecular formula is C19H25N3O4. The Bertz CT molecular complexity index is 681. The summed E-state index contributed by atoms with van der Waals surface area (Å²) in [5.41, 5.74) is 0.394. The maximum Gasteiger partial charge on any atom is 0.325 e. The third kappa shape index (κ3) is 3.81. The van der Waals surface area contributed by atoms with Gasteiger partial charge >= 0.3 is 6.03 Å². The summed E-state index contributed by atoms with van der Waals surface area (Å²) >= 11 is 0. The van der Waals surface area contributed by atoms with Gasteiger partial charge in [-0.2, -0.15) is 0 Å². The van der Waals surface area contributed by atoms with Crippen molar-refractivity contribution in [2.45, 2.75) is 44.1 Å². The molecule has 7 nitrogen and oxygen atoms in total. The highest BCUT2D eigenvalue weighted by atomic mass is 16.5. The van der Waals surface area contributed by atoms with E-state index in [0.717, 1.165) is 24.2 Å². The first-order valence-electron chi connectivity index (χ1n) is 9.08. The van der Waals surface area contributed by atoms with Crippen molar-refractivity contribution in [2.75, 3.05) is 20.2 Å². The summed E-state index contributed by atoms with van der Waals surface area (Å²) in [4.78, 5) is 37.8. The van der Waals surface area contributed by atoms with E-state index in [0.29, 0.717) is 25.8 Å². The van der Waals surface area contributed by atoms with Crippen molar-refractivity contribution in [1.82, 2.24) is 15.5 Å². The average Bonchev–Trinajstić information content (AvgIpc) is 3.20. The number of rotatable bonds is 7. The first kappa shape index (κ1) is 18.2. The predicted octanol–water partition coefficient (Wildman–Crippen LogP) is 1.61. The molecule has 2 aliphatic rings. The molecule has 4 amide bonds. The van der Waals surface area contributed by atoms with Gasteiger partial charge in [0.1, 0.15) is 11.3 Å². The van der Waals surface area contributed by atoms with Gasteiger partial charge < -0.3 is 15.4 Å².